The third kappa shape index (κ3) is 4.32. The Balaban J connectivity index is 1.60. The highest BCUT2D eigenvalue weighted by molar-refractivity contribution is 9.10. The first-order valence-electron chi connectivity index (χ1n) is 9.45. The van der Waals surface area contributed by atoms with Crippen LogP contribution in [-0.4, -0.2) is 23.1 Å². The van der Waals surface area contributed by atoms with Gasteiger partial charge in [-0.05, 0) is 28.8 Å². The van der Waals surface area contributed by atoms with Crippen LogP contribution in [0, 0.1) is 5.92 Å². The number of nitrogens with zero attached hydrogens (tertiary/aromatic N) is 1. The minimum atomic E-state index is -0.458. The summed E-state index contributed by atoms with van der Waals surface area (Å²) in [5, 5.41) is 11.2. The Labute approximate surface area is 169 Å². The molecule has 0 aromatic heterocycles. The van der Waals surface area contributed by atoms with Gasteiger partial charge in [0, 0.05) is 35.9 Å². The highest BCUT2D eigenvalue weighted by Crippen LogP contribution is 2.41. The van der Waals surface area contributed by atoms with E-state index in [1.165, 1.54) is 11.1 Å². The molecule has 2 nitrogen and oxygen atoms in total. The first-order chi connectivity index (χ1) is 13.2. The number of hydrogen-bond donors (Lipinski definition) is 1. The van der Waals surface area contributed by atoms with Crippen LogP contribution in [0.25, 0.3) is 0 Å². The SMILES string of the molecule is OC(c1ccccc1)[C@@H]1CN(Cc2ccccc2)C[C@H]1c1ccc(Br)cc1. The predicted molar refractivity (Wildman–Crippen MR) is 113 cm³/mol. The van der Waals surface area contributed by atoms with Crippen LogP contribution >= 0.6 is 15.9 Å². The number of aliphatic hydroxyl groups excluding tert-OH is 1. The summed E-state index contributed by atoms with van der Waals surface area (Å²) in [5.74, 6) is 0.495. The van der Waals surface area contributed by atoms with Gasteiger partial charge in [0.2, 0.25) is 0 Å². The molecule has 4 rings (SSSR count). The molecule has 0 spiro atoms. The number of rotatable bonds is 5. The molecule has 0 amide bonds. The summed E-state index contributed by atoms with van der Waals surface area (Å²) in [4.78, 5) is 2.47. The molecule has 1 unspecified atom stereocenters. The maximum atomic E-state index is 11.2. The largest absolute Gasteiger partial charge is 0.388 e. The molecular formula is C24H24BrNO. The molecule has 1 N–H and O–H groups in total. The summed E-state index contributed by atoms with van der Waals surface area (Å²) in [7, 11) is 0. The number of aliphatic hydroxyl groups is 1. The molecule has 0 bridgehead atoms. The normalized spacial score (nSPS) is 21.3. The standard InChI is InChI=1S/C24H24BrNO/c25-21-13-11-19(12-14-21)22-16-26(15-18-7-3-1-4-8-18)17-23(22)24(27)20-9-5-2-6-10-20/h1-14,22-24,27H,15-17H2/t22-,23+,24?/m0/s1. The van der Waals surface area contributed by atoms with Crippen LogP contribution in [0.2, 0.25) is 0 Å². The lowest BCUT2D eigenvalue weighted by Gasteiger charge is -2.24. The molecule has 1 heterocycles. The highest BCUT2D eigenvalue weighted by Gasteiger charge is 2.38. The van der Waals surface area contributed by atoms with Gasteiger partial charge in [0.15, 0.2) is 0 Å². The fourth-order valence-electron chi connectivity index (χ4n) is 4.16. The number of benzene rings is 3. The molecular weight excluding hydrogens is 398 g/mol. The number of likely N-dealkylation sites (tertiary alicyclic amines) is 1. The van der Waals surface area contributed by atoms with Gasteiger partial charge in [-0.2, -0.15) is 0 Å². The van der Waals surface area contributed by atoms with Crippen LogP contribution in [0.5, 0.6) is 0 Å². The smallest absolute Gasteiger partial charge is 0.0836 e. The maximum Gasteiger partial charge on any atom is 0.0836 e. The Bertz CT molecular complexity index is 851. The molecule has 3 aromatic carbocycles. The van der Waals surface area contributed by atoms with E-state index in [0.717, 1.165) is 29.7 Å². The Morgan fingerprint density at radius 1 is 0.852 bits per heavy atom. The van der Waals surface area contributed by atoms with Crippen LogP contribution in [-0.2, 0) is 6.54 Å². The molecule has 1 aliphatic rings. The summed E-state index contributed by atoms with van der Waals surface area (Å²) in [6.45, 7) is 2.78. The van der Waals surface area contributed by atoms with Crippen LogP contribution in [0.4, 0.5) is 0 Å². The fourth-order valence-corrected chi connectivity index (χ4v) is 4.43. The molecule has 27 heavy (non-hydrogen) atoms. The van der Waals surface area contributed by atoms with E-state index in [1.807, 2.05) is 30.3 Å². The van der Waals surface area contributed by atoms with Gasteiger partial charge in [-0.1, -0.05) is 88.7 Å². The lowest BCUT2D eigenvalue weighted by molar-refractivity contribution is 0.103. The van der Waals surface area contributed by atoms with Crippen LogP contribution < -0.4 is 0 Å². The average molecular weight is 422 g/mol. The molecule has 1 aliphatic heterocycles. The van der Waals surface area contributed by atoms with Crippen LogP contribution in [0.1, 0.15) is 28.7 Å². The Morgan fingerprint density at radius 2 is 1.48 bits per heavy atom. The van der Waals surface area contributed by atoms with Gasteiger partial charge in [0.05, 0.1) is 6.10 Å². The lowest BCUT2D eigenvalue weighted by Crippen LogP contribution is -2.22. The molecule has 1 saturated heterocycles. The zero-order valence-corrected chi connectivity index (χ0v) is 16.8. The molecule has 3 heteroatoms. The van der Waals surface area contributed by atoms with E-state index in [2.05, 4.69) is 75.4 Å². The zero-order valence-electron chi connectivity index (χ0n) is 15.2. The van der Waals surface area contributed by atoms with E-state index in [-0.39, 0.29) is 5.92 Å². The minimum Gasteiger partial charge on any atom is -0.388 e. The zero-order chi connectivity index (χ0) is 18.6. The van der Waals surface area contributed by atoms with Crippen molar-refractivity contribution >= 4 is 15.9 Å². The van der Waals surface area contributed by atoms with Crippen molar-refractivity contribution in [3.63, 3.8) is 0 Å². The number of halogens is 1. The van der Waals surface area contributed by atoms with Gasteiger partial charge in [-0.15, -0.1) is 0 Å². The van der Waals surface area contributed by atoms with Crippen LogP contribution in [0.3, 0.4) is 0 Å². The monoisotopic (exact) mass is 421 g/mol. The Hall–Kier alpha value is -1.94. The number of hydrogen-bond acceptors (Lipinski definition) is 2. The summed E-state index contributed by atoms with van der Waals surface area (Å²) in [5.41, 5.74) is 3.63. The van der Waals surface area contributed by atoms with Gasteiger partial charge in [-0.3, -0.25) is 4.90 Å². The highest BCUT2D eigenvalue weighted by atomic mass is 79.9. The first-order valence-corrected chi connectivity index (χ1v) is 10.2. The second-order valence-electron chi connectivity index (χ2n) is 7.36. The molecule has 0 aliphatic carbocycles. The van der Waals surface area contributed by atoms with E-state index < -0.39 is 6.10 Å². The van der Waals surface area contributed by atoms with E-state index in [0.29, 0.717) is 5.92 Å². The lowest BCUT2D eigenvalue weighted by atomic mass is 9.83. The van der Waals surface area contributed by atoms with Gasteiger partial charge in [-0.25, -0.2) is 0 Å². The topological polar surface area (TPSA) is 23.5 Å². The first kappa shape index (κ1) is 18.4. The molecule has 0 saturated carbocycles. The fraction of sp³-hybridized carbons (Fsp3) is 0.250. The Kier molecular flexibility index (Phi) is 5.72. The molecule has 1 fully saturated rings. The summed E-state index contributed by atoms with van der Waals surface area (Å²) in [6.07, 6.45) is -0.458. The third-order valence-corrected chi connectivity index (χ3v) is 6.06. The molecule has 3 atom stereocenters. The third-order valence-electron chi connectivity index (χ3n) is 5.53. The van der Waals surface area contributed by atoms with Crippen molar-refractivity contribution in [3.8, 4) is 0 Å². The Morgan fingerprint density at radius 3 is 2.15 bits per heavy atom. The molecule has 138 valence electrons. The summed E-state index contributed by atoms with van der Waals surface area (Å²) in [6, 6.07) is 29.2. The average Bonchev–Trinajstić information content (AvgIpc) is 3.13. The van der Waals surface area contributed by atoms with E-state index in [9.17, 15) is 5.11 Å². The van der Waals surface area contributed by atoms with Crippen molar-refractivity contribution in [2.45, 2.75) is 18.6 Å². The van der Waals surface area contributed by atoms with Gasteiger partial charge in [0.1, 0.15) is 0 Å². The van der Waals surface area contributed by atoms with Crippen LogP contribution in [0.15, 0.2) is 89.4 Å². The summed E-state index contributed by atoms with van der Waals surface area (Å²) >= 11 is 3.53. The maximum absolute atomic E-state index is 11.2. The van der Waals surface area contributed by atoms with Crippen molar-refractivity contribution in [3.05, 3.63) is 106 Å². The van der Waals surface area contributed by atoms with Crippen molar-refractivity contribution in [1.82, 2.24) is 4.90 Å². The van der Waals surface area contributed by atoms with Gasteiger partial charge >= 0.3 is 0 Å². The van der Waals surface area contributed by atoms with E-state index >= 15 is 0 Å². The molecule has 0 radical (unpaired) electrons. The second kappa shape index (κ2) is 8.39. The summed E-state index contributed by atoms with van der Waals surface area (Å²) < 4.78 is 1.09. The van der Waals surface area contributed by atoms with Gasteiger partial charge < -0.3 is 5.11 Å². The predicted octanol–water partition coefficient (Wildman–Crippen LogP) is 5.40. The van der Waals surface area contributed by atoms with Gasteiger partial charge in [0.25, 0.3) is 0 Å². The molecule has 3 aromatic rings. The van der Waals surface area contributed by atoms with Crippen molar-refractivity contribution in [1.29, 1.82) is 0 Å². The quantitative estimate of drug-likeness (QED) is 0.595. The van der Waals surface area contributed by atoms with Crippen molar-refractivity contribution < 1.29 is 5.11 Å². The van der Waals surface area contributed by atoms with Crippen molar-refractivity contribution in [2.24, 2.45) is 5.92 Å². The second-order valence-corrected chi connectivity index (χ2v) is 8.27. The van der Waals surface area contributed by atoms with E-state index in [4.69, 9.17) is 0 Å². The minimum absolute atomic E-state index is 0.178. The van der Waals surface area contributed by atoms with E-state index in [1.54, 1.807) is 0 Å². The van der Waals surface area contributed by atoms with Crippen molar-refractivity contribution in [2.75, 3.05) is 13.1 Å².